The number of hydrogen-bond donors (Lipinski definition) is 1. The number of carbonyl (C=O) groups is 1. The normalized spacial score (nSPS) is 8.71. The summed E-state index contributed by atoms with van der Waals surface area (Å²) in [5, 5.41) is 0. The second-order valence-corrected chi connectivity index (χ2v) is 2.70. The van der Waals surface area contributed by atoms with Crippen LogP contribution in [0.3, 0.4) is 0 Å². The summed E-state index contributed by atoms with van der Waals surface area (Å²) in [6.07, 6.45) is 1.52. The third-order valence-electron chi connectivity index (χ3n) is 1.47. The van der Waals surface area contributed by atoms with Gasteiger partial charge in [-0.05, 0) is 12.1 Å². The van der Waals surface area contributed by atoms with E-state index in [4.69, 9.17) is 0 Å². The van der Waals surface area contributed by atoms with E-state index >= 15 is 0 Å². The zero-order valence-electron chi connectivity index (χ0n) is 7.65. The molecule has 0 atom stereocenters. The predicted molar refractivity (Wildman–Crippen MR) is 56.3 cm³/mol. The second-order valence-electron chi connectivity index (χ2n) is 2.38. The molecule has 0 fully saturated rings. The average molecular weight is 207 g/mol. The molecule has 3 nitrogen and oxygen atoms in total. The van der Waals surface area contributed by atoms with Crippen molar-refractivity contribution in [1.29, 1.82) is 0 Å². The Hall–Kier alpha value is -1.47. The van der Waals surface area contributed by atoms with Crippen LogP contribution in [-0.4, -0.2) is 23.8 Å². The van der Waals surface area contributed by atoms with Crippen LogP contribution in [0, 0.1) is 11.8 Å². The Morgan fingerprint density at radius 2 is 2.50 bits per heavy atom. The van der Waals surface area contributed by atoms with Gasteiger partial charge < -0.3 is 4.74 Å². The van der Waals surface area contributed by atoms with Gasteiger partial charge in [0.2, 0.25) is 0 Å². The van der Waals surface area contributed by atoms with Crippen LogP contribution in [0.25, 0.3) is 0 Å². The molecule has 1 rings (SSSR count). The summed E-state index contributed by atoms with van der Waals surface area (Å²) >= 11 is 3.95. The molecule has 0 aliphatic heterocycles. The van der Waals surface area contributed by atoms with E-state index in [1.165, 1.54) is 13.3 Å². The first kappa shape index (κ1) is 10.6. The van der Waals surface area contributed by atoms with E-state index in [1.54, 1.807) is 12.1 Å². The lowest BCUT2D eigenvalue weighted by Gasteiger charge is -1.97. The van der Waals surface area contributed by atoms with Crippen molar-refractivity contribution in [3.8, 4) is 11.8 Å². The van der Waals surface area contributed by atoms with Gasteiger partial charge >= 0.3 is 5.97 Å². The SMILES string of the molecule is COC(=O)c1cc(C#CCS)ccn1. The lowest BCUT2D eigenvalue weighted by atomic mass is 10.2. The van der Waals surface area contributed by atoms with Crippen LogP contribution in [0.2, 0.25) is 0 Å². The number of carbonyl (C=O) groups excluding carboxylic acids is 1. The predicted octanol–water partition coefficient (Wildman–Crippen LogP) is 1.15. The monoisotopic (exact) mass is 207 g/mol. The summed E-state index contributed by atoms with van der Waals surface area (Å²) in [6, 6.07) is 3.31. The molecule has 1 heterocycles. The van der Waals surface area contributed by atoms with Gasteiger partial charge in [0.25, 0.3) is 0 Å². The standard InChI is InChI=1S/C10H9NO2S/c1-13-10(12)9-7-8(3-2-6-14)4-5-11-9/h4-5,7,14H,6H2,1H3. The largest absolute Gasteiger partial charge is 0.464 e. The minimum Gasteiger partial charge on any atom is -0.464 e. The topological polar surface area (TPSA) is 39.2 Å². The fourth-order valence-electron chi connectivity index (χ4n) is 0.866. The van der Waals surface area contributed by atoms with E-state index in [0.717, 1.165) is 5.56 Å². The zero-order valence-corrected chi connectivity index (χ0v) is 8.54. The number of pyridine rings is 1. The molecule has 72 valence electrons. The van der Waals surface area contributed by atoms with Crippen molar-refractivity contribution in [2.45, 2.75) is 0 Å². The van der Waals surface area contributed by atoms with Crippen molar-refractivity contribution in [3.05, 3.63) is 29.6 Å². The highest BCUT2D eigenvalue weighted by Crippen LogP contribution is 2.01. The highest BCUT2D eigenvalue weighted by Gasteiger charge is 2.05. The second kappa shape index (κ2) is 5.30. The number of rotatable bonds is 1. The van der Waals surface area contributed by atoms with Gasteiger partial charge in [-0.2, -0.15) is 12.6 Å². The Bertz CT molecular complexity index is 393. The lowest BCUT2D eigenvalue weighted by molar-refractivity contribution is 0.0594. The molecule has 0 saturated carbocycles. The van der Waals surface area contributed by atoms with E-state index in [1.807, 2.05) is 0 Å². The summed E-state index contributed by atoms with van der Waals surface area (Å²) in [5.41, 5.74) is 0.993. The zero-order chi connectivity index (χ0) is 10.4. The van der Waals surface area contributed by atoms with Crippen LogP contribution in [-0.2, 0) is 4.74 Å². The van der Waals surface area contributed by atoms with Gasteiger partial charge in [-0.15, -0.1) is 0 Å². The number of hydrogen-bond acceptors (Lipinski definition) is 4. The Kier molecular flexibility index (Phi) is 4.02. The Balaban J connectivity index is 2.95. The van der Waals surface area contributed by atoms with Crippen LogP contribution in [0.5, 0.6) is 0 Å². The fourth-order valence-corrected chi connectivity index (χ4v) is 0.945. The third-order valence-corrected chi connectivity index (χ3v) is 1.62. The van der Waals surface area contributed by atoms with Crippen molar-refractivity contribution in [2.75, 3.05) is 12.9 Å². The molecular weight excluding hydrogens is 198 g/mol. The van der Waals surface area contributed by atoms with Crippen LogP contribution < -0.4 is 0 Å². The van der Waals surface area contributed by atoms with Gasteiger partial charge in [-0.1, -0.05) is 11.8 Å². The van der Waals surface area contributed by atoms with Gasteiger partial charge in [-0.3, -0.25) is 0 Å². The summed E-state index contributed by atoms with van der Waals surface area (Å²) in [5.74, 6) is 5.65. The summed E-state index contributed by atoms with van der Waals surface area (Å²) < 4.78 is 4.53. The smallest absolute Gasteiger partial charge is 0.356 e. The number of aromatic nitrogens is 1. The lowest BCUT2D eigenvalue weighted by Crippen LogP contribution is -2.03. The van der Waals surface area contributed by atoms with Crippen molar-refractivity contribution in [3.63, 3.8) is 0 Å². The molecule has 0 radical (unpaired) electrons. The molecular formula is C10H9NO2S. The number of thiol groups is 1. The van der Waals surface area contributed by atoms with Crippen LogP contribution in [0.1, 0.15) is 16.1 Å². The molecule has 14 heavy (non-hydrogen) atoms. The van der Waals surface area contributed by atoms with Crippen LogP contribution in [0.15, 0.2) is 18.3 Å². The summed E-state index contributed by atoms with van der Waals surface area (Å²) in [4.78, 5) is 14.9. The number of ether oxygens (including phenoxy) is 1. The first-order chi connectivity index (χ1) is 6.77. The third kappa shape index (κ3) is 2.79. The molecule has 0 spiro atoms. The summed E-state index contributed by atoms with van der Waals surface area (Å²) in [6.45, 7) is 0. The molecule has 0 unspecified atom stereocenters. The minimum absolute atomic E-state index is 0.262. The molecule has 0 aromatic carbocycles. The molecule has 1 aromatic rings. The quantitative estimate of drug-likeness (QED) is 0.426. The van der Waals surface area contributed by atoms with Crippen LogP contribution in [0.4, 0.5) is 0 Å². The number of nitrogens with zero attached hydrogens (tertiary/aromatic N) is 1. The highest BCUT2D eigenvalue weighted by atomic mass is 32.1. The summed E-state index contributed by atoms with van der Waals surface area (Å²) in [7, 11) is 1.32. The van der Waals surface area contributed by atoms with E-state index in [0.29, 0.717) is 5.75 Å². The first-order valence-corrected chi connectivity index (χ1v) is 4.55. The maximum atomic E-state index is 11.1. The Morgan fingerprint density at radius 3 is 3.14 bits per heavy atom. The van der Waals surface area contributed by atoms with Gasteiger partial charge in [-0.25, -0.2) is 9.78 Å². The van der Waals surface area contributed by atoms with Gasteiger partial charge in [0.1, 0.15) is 5.69 Å². The molecule has 0 saturated heterocycles. The maximum Gasteiger partial charge on any atom is 0.356 e. The van der Waals surface area contributed by atoms with E-state index in [9.17, 15) is 4.79 Å². The highest BCUT2D eigenvalue weighted by molar-refractivity contribution is 7.80. The number of esters is 1. The maximum absolute atomic E-state index is 11.1. The molecule has 0 bridgehead atoms. The molecule has 1 aromatic heterocycles. The van der Waals surface area contributed by atoms with Crippen molar-refractivity contribution in [2.24, 2.45) is 0 Å². The number of methoxy groups -OCH3 is 1. The molecule has 0 amide bonds. The average Bonchev–Trinajstić information content (AvgIpc) is 2.25. The van der Waals surface area contributed by atoms with Crippen molar-refractivity contribution >= 4 is 18.6 Å². The van der Waals surface area contributed by atoms with E-state index in [-0.39, 0.29) is 5.69 Å². The minimum atomic E-state index is -0.459. The Labute approximate surface area is 87.9 Å². The van der Waals surface area contributed by atoms with Gasteiger partial charge in [0.05, 0.1) is 12.9 Å². The van der Waals surface area contributed by atoms with Gasteiger partial charge in [0, 0.05) is 11.8 Å². The van der Waals surface area contributed by atoms with E-state index in [2.05, 4.69) is 34.2 Å². The molecule has 0 aliphatic carbocycles. The molecule has 4 heteroatoms. The molecule has 0 N–H and O–H groups in total. The fraction of sp³-hybridized carbons (Fsp3) is 0.200. The van der Waals surface area contributed by atoms with Crippen molar-refractivity contribution < 1.29 is 9.53 Å². The Morgan fingerprint density at radius 1 is 1.71 bits per heavy atom. The van der Waals surface area contributed by atoms with E-state index < -0.39 is 5.97 Å². The molecule has 0 aliphatic rings. The van der Waals surface area contributed by atoms with Crippen LogP contribution >= 0.6 is 12.6 Å². The van der Waals surface area contributed by atoms with Crippen molar-refractivity contribution in [1.82, 2.24) is 4.98 Å². The van der Waals surface area contributed by atoms with Gasteiger partial charge in [0.15, 0.2) is 0 Å². The first-order valence-electron chi connectivity index (χ1n) is 3.92.